The van der Waals surface area contributed by atoms with Crippen LogP contribution in [0.2, 0.25) is 0 Å². The predicted molar refractivity (Wildman–Crippen MR) is 127 cm³/mol. The lowest BCUT2D eigenvalue weighted by atomic mass is 10.2. The zero-order valence-corrected chi connectivity index (χ0v) is 19.9. The lowest BCUT2D eigenvalue weighted by Gasteiger charge is -2.24. The van der Waals surface area contributed by atoms with Crippen molar-refractivity contribution in [1.82, 2.24) is 26.5 Å². The molecule has 2 heterocycles. The van der Waals surface area contributed by atoms with Gasteiger partial charge in [0.1, 0.15) is 11.9 Å². The molecule has 2 aliphatic heterocycles. The molecule has 0 radical (unpaired) electrons. The van der Waals surface area contributed by atoms with Gasteiger partial charge >= 0.3 is 12.5 Å². The molecule has 1 aromatic carbocycles. The van der Waals surface area contributed by atoms with Crippen LogP contribution < -0.4 is 42.9 Å². The van der Waals surface area contributed by atoms with E-state index in [4.69, 9.17) is 16.3 Å². The van der Waals surface area contributed by atoms with Gasteiger partial charge in [-0.3, -0.25) is 25.3 Å². The van der Waals surface area contributed by atoms with Gasteiger partial charge in [-0.15, -0.1) is 0 Å². The number of hydrazine groups is 2. The quantitative estimate of drug-likeness (QED) is 0.156. The summed E-state index contributed by atoms with van der Waals surface area (Å²) in [5.74, 6) is 2.88. The van der Waals surface area contributed by atoms with Crippen molar-refractivity contribution in [3.8, 4) is 0 Å². The second-order valence-corrected chi connectivity index (χ2v) is 8.23. The van der Waals surface area contributed by atoms with Crippen molar-refractivity contribution in [2.45, 2.75) is 12.5 Å². The summed E-state index contributed by atoms with van der Waals surface area (Å²) in [6.45, 7) is 1.43. The molecule has 16 heteroatoms. The summed E-state index contributed by atoms with van der Waals surface area (Å²) in [6, 6.07) is 4.23. The molecule has 1 unspecified atom stereocenters. The number of hydrogen-bond acceptors (Lipinski definition) is 10. The number of alkyl halides is 2. The fourth-order valence-corrected chi connectivity index (χ4v) is 3.80. The number of benzene rings is 1. The van der Waals surface area contributed by atoms with E-state index in [1.807, 2.05) is 5.32 Å². The third-order valence-electron chi connectivity index (χ3n) is 5.61. The molecule has 1 aromatic rings. The minimum Gasteiger partial charge on any atom is -0.442 e. The monoisotopic (exact) mass is 529 g/mol. The second kappa shape index (κ2) is 13.0. The van der Waals surface area contributed by atoms with E-state index in [1.54, 1.807) is 11.0 Å². The molecule has 3 rings (SSSR count). The van der Waals surface area contributed by atoms with Crippen LogP contribution >= 0.6 is 0 Å². The fraction of sp³-hybridized carbons (Fsp3) is 0.476. The third kappa shape index (κ3) is 7.61. The van der Waals surface area contributed by atoms with Crippen molar-refractivity contribution in [1.29, 1.82) is 0 Å². The highest BCUT2D eigenvalue weighted by Crippen LogP contribution is 2.28. The van der Waals surface area contributed by atoms with Gasteiger partial charge in [0.2, 0.25) is 0 Å². The first-order valence-electron chi connectivity index (χ1n) is 11.4. The van der Waals surface area contributed by atoms with Crippen molar-refractivity contribution in [2.24, 2.45) is 11.6 Å². The molecule has 13 nitrogen and oxygen atoms in total. The number of amides is 3. The van der Waals surface area contributed by atoms with Crippen molar-refractivity contribution in [3.05, 3.63) is 35.9 Å². The second-order valence-electron chi connectivity index (χ2n) is 8.23. The van der Waals surface area contributed by atoms with E-state index in [0.717, 1.165) is 4.90 Å². The molecular weight excluding hydrogens is 499 g/mol. The zero-order chi connectivity index (χ0) is 26.9. The van der Waals surface area contributed by atoms with Gasteiger partial charge in [0.25, 0.3) is 11.8 Å². The van der Waals surface area contributed by atoms with Gasteiger partial charge in [0.15, 0.2) is 0 Å². The Labute approximate surface area is 210 Å². The summed E-state index contributed by atoms with van der Waals surface area (Å²) >= 11 is 0. The molecule has 0 aromatic heterocycles. The summed E-state index contributed by atoms with van der Waals surface area (Å²) in [4.78, 5) is 38.6. The number of nitrogens with zero attached hydrogens (tertiary/aromatic N) is 3. The first-order chi connectivity index (χ1) is 17.7. The van der Waals surface area contributed by atoms with Gasteiger partial charge in [0, 0.05) is 38.1 Å². The highest BCUT2D eigenvalue weighted by molar-refractivity contribution is 5.90. The minimum absolute atomic E-state index is 0.0356. The number of carbonyl (C=O) groups excluding carboxylic acids is 3. The lowest BCUT2D eigenvalue weighted by molar-refractivity contribution is -0.133. The molecule has 37 heavy (non-hydrogen) atoms. The maximum absolute atomic E-state index is 15.0. The Morgan fingerprint density at radius 1 is 1.24 bits per heavy atom. The molecule has 0 aliphatic carbocycles. The Bertz CT molecular complexity index is 1010. The van der Waals surface area contributed by atoms with Crippen LogP contribution in [-0.4, -0.2) is 87.8 Å². The summed E-state index contributed by atoms with van der Waals surface area (Å²) in [7, 11) is 0. The zero-order valence-electron chi connectivity index (χ0n) is 19.9. The molecule has 8 N–H and O–H groups in total. The van der Waals surface area contributed by atoms with Gasteiger partial charge in [-0.1, -0.05) is 0 Å². The molecule has 1 atom stereocenters. The molecule has 0 bridgehead atoms. The maximum Gasteiger partial charge on any atom is 0.414 e. The van der Waals surface area contributed by atoms with E-state index in [-0.39, 0.29) is 37.8 Å². The number of cyclic esters (lactones) is 1. The van der Waals surface area contributed by atoms with Gasteiger partial charge in [-0.05, 0) is 18.2 Å². The molecule has 0 saturated carbocycles. The normalized spacial score (nSPS) is 18.6. The summed E-state index contributed by atoms with van der Waals surface area (Å²) in [6.07, 6.45) is -3.40. The molecule has 0 spiro atoms. The Morgan fingerprint density at radius 3 is 2.73 bits per heavy atom. The number of halogens is 3. The van der Waals surface area contributed by atoms with E-state index < -0.39 is 30.3 Å². The molecule has 2 aliphatic rings. The van der Waals surface area contributed by atoms with Crippen LogP contribution in [0.25, 0.3) is 0 Å². The highest BCUT2D eigenvalue weighted by Gasteiger charge is 2.33. The molecule has 2 fully saturated rings. The molecule has 204 valence electrons. The molecule has 3 amide bonds. The predicted octanol–water partition coefficient (Wildman–Crippen LogP) is -1.46. The van der Waals surface area contributed by atoms with E-state index in [2.05, 4.69) is 16.2 Å². The first kappa shape index (κ1) is 27.8. The van der Waals surface area contributed by atoms with Crippen LogP contribution in [-0.2, 0) is 14.3 Å². The average Bonchev–Trinajstić information content (AvgIpc) is 3.06. The number of ether oxygens (including phenoxy) is 1. The number of nitrogens with two attached hydrogens (primary N) is 2. The minimum atomic E-state index is -3.17. The van der Waals surface area contributed by atoms with Gasteiger partial charge in [0.05, 0.1) is 37.6 Å². The number of nitrogens with one attached hydrogen (secondary N) is 4. The Morgan fingerprint density at radius 2 is 2.03 bits per heavy atom. The first-order valence-corrected chi connectivity index (χ1v) is 11.4. The number of hydrogen-bond donors (Lipinski definition) is 6. The largest absolute Gasteiger partial charge is 0.442 e. The van der Waals surface area contributed by atoms with Crippen LogP contribution in [0.15, 0.2) is 30.1 Å². The molecular formula is C21H30F3N9O4. The van der Waals surface area contributed by atoms with Crippen molar-refractivity contribution in [3.63, 3.8) is 0 Å². The Balaban J connectivity index is 1.54. The topological polar surface area (TPSA) is 170 Å². The number of carbonyl (C=O) groups is 3. The summed E-state index contributed by atoms with van der Waals surface area (Å²) in [5, 5.41) is 6.35. The Hall–Kier alpha value is -3.76. The molecule has 2 saturated heterocycles. The highest BCUT2D eigenvalue weighted by atomic mass is 19.3. The van der Waals surface area contributed by atoms with Gasteiger partial charge in [-0.2, -0.15) is 8.78 Å². The van der Waals surface area contributed by atoms with E-state index in [9.17, 15) is 23.2 Å². The Kier molecular flexibility index (Phi) is 9.76. The van der Waals surface area contributed by atoms with Gasteiger partial charge in [-0.25, -0.2) is 14.6 Å². The average molecular weight is 530 g/mol. The lowest BCUT2D eigenvalue weighted by Crippen LogP contribution is -2.47. The number of anilines is 2. The van der Waals surface area contributed by atoms with Crippen LogP contribution in [0.3, 0.4) is 0 Å². The summed E-state index contributed by atoms with van der Waals surface area (Å²) < 4.78 is 44.8. The van der Waals surface area contributed by atoms with Crippen molar-refractivity contribution in [2.75, 3.05) is 62.2 Å². The fourth-order valence-electron chi connectivity index (χ4n) is 3.80. The maximum atomic E-state index is 15.0. The number of rotatable bonds is 10. The van der Waals surface area contributed by atoms with Gasteiger partial charge < -0.3 is 31.4 Å². The van der Waals surface area contributed by atoms with Crippen molar-refractivity contribution < 1.29 is 32.3 Å². The van der Waals surface area contributed by atoms with E-state index >= 15 is 4.39 Å². The van der Waals surface area contributed by atoms with Crippen molar-refractivity contribution >= 4 is 29.3 Å². The van der Waals surface area contributed by atoms with Crippen LogP contribution in [0.5, 0.6) is 0 Å². The standard InChI is InChI=1S/C21H30F3N9O4/c22-16-7-14(32-12-15(37-21(32)36)10-28-20(35)19(23)24)1-2-17(16)31-4-3-30-33(6-5-31)18(34)11-27-8-13(25)9-29-26/h1-2,7,9,15,19,27,29-30H,3-6,8,10-12,25-26H2,(H,28,35). The van der Waals surface area contributed by atoms with E-state index in [1.165, 1.54) is 23.3 Å². The third-order valence-corrected chi connectivity index (χ3v) is 5.61. The smallest absolute Gasteiger partial charge is 0.414 e. The van der Waals surface area contributed by atoms with E-state index in [0.29, 0.717) is 37.6 Å². The summed E-state index contributed by atoms with van der Waals surface area (Å²) in [5.41, 5.74) is 11.9. The van der Waals surface area contributed by atoms with Crippen LogP contribution in [0.4, 0.5) is 29.3 Å². The van der Waals surface area contributed by atoms with Crippen LogP contribution in [0.1, 0.15) is 0 Å². The SMILES string of the molecule is NNC=C(N)CNCC(=O)N1CCN(c2ccc(N3CC(CNC(=O)C(F)F)OC3=O)cc2F)CCN1. The van der Waals surface area contributed by atoms with Crippen LogP contribution in [0, 0.1) is 5.82 Å².